The Morgan fingerprint density at radius 2 is 1.86 bits per heavy atom. The predicted octanol–water partition coefficient (Wildman–Crippen LogP) is 1.43. The number of rotatable bonds is 4. The first kappa shape index (κ1) is 14.8. The highest BCUT2D eigenvalue weighted by Gasteiger charge is 2.22. The van der Waals surface area contributed by atoms with Gasteiger partial charge in [-0.15, -0.1) is 5.10 Å². The molecule has 0 atom stereocenters. The topological polar surface area (TPSA) is 87.0 Å². The van der Waals surface area contributed by atoms with Crippen molar-refractivity contribution in [1.82, 2.24) is 20.2 Å². The Morgan fingerprint density at radius 1 is 1.19 bits per heavy atom. The van der Waals surface area contributed by atoms with Crippen molar-refractivity contribution in [3.8, 4) is 5.69 Å². The first-order valence-electron chi connectivity index (χ1n) is 6.42. The molecule has 0 aliphatic carbocycles. The second-order valence-corrected chi connectivity index (χ2v) is 5.55. The minimum absolute atomic E-state index is 0.124. The largest absolute Gasteiger partial charge is 0.454 e. The first-order valence-corrected chi connectivity index (χ1v) is 6.42. The summed E-state index contributed by atoms with van der Waals surface area (Å²) in [4.78, 5) is 23.6. The van der Waals surface area contributed by atoms with E-state index in [4.69, 9.17) is 4.74 Å². The van der Waals surface area contributed by atoms with Gasteiger partial charge in [0.05, 0.1) is 11.3 Å². The molecule has 0 N–H and O–H groups in total. The van der Waals surface area contributed by atoms with E-state index in [0.29, 0.717) is 5.56 Å². The van der Waals surface area contributed by atoms with Crippen LogP contribution in [-0.2, 0) is 9.53 Å². The van der Waals surface area contributed by atoms with Gasteiger partial charge in [-0.2, -0.15) is 0 Å². The van der Waals surface area contributed by atoms with Crippen molar-refractivity contribution in [2.24, 2.45) is 5.41 Å². The van der Waals surface area contributed by atoms with E-state index < -0.39 is 11.4 Å². The Labute approximate surface area is 121 Å². The number of carbonyl (C=O) groups excluding carboxylic acids is 2. The highest BCUT2D eigenvalue weighted by Crippen LogP contribution is 2.15. The van der Waals surface area contributed by atoms with E-state index in [0.717, 1.165) is 5.69 Å². The minimum Gasteiger partial charge on any atom is -0.454 e. The second kappa shape index (κ2) is 5.82. The number of nitrogens with zero attached hydrogens (tertiary/aromatic N) is 4. The Kier molecular flexibility index (Phi) is 4.11. The lowest BCUT2D eigenvalue weighted by Crippen LogP contribution is -2.26. The molecule has 0 spiro atoms. The van der Waals surface area contributed by atoms with Crippen LogP contribution in [0.5, 0.6) is 0 Å². The van der Waals surface area contributed by atoms with Gasteiger partial charge in [-0.25, -0.2) is 9.48 Å². The van der Waals surface area contributed by atoms with Crippen molar-refractivity contribution in [2.45, 2.75) is 20.8 Å². The van der Waals surface area contributed by atoms with E-state index in [1.54, 1.807) is 45.0 Å². The zero-order chi connectivity index (χ0) is 15.5. The van der Waals surface area contributed by atoms with E-state index in [1.165, 1.54) is 11.0 Å². The fourth-order valence-corrected chi connectivity index (χ4v) is 1.46. The molecule has 0 saturated carbocycles. The smallest absolute Gasteiger partial charge is 0.338 e. The van der Waals surface area contributed by atoms with Gasteiger partial charge in [0.15, 0.2) is 12.4 Å². The summed E-state index contributed by atoms with van der Waals surface area (Å²) in [5.41, 5.74) is 0.570. The van der Waals surface area contributed by atoms with Crippen LogP contribution in [0.25, 0.3) is 5.69 Å². The predicted molar refractivity (Wildman–Crippen MR) is 73.9 cm³/mol. The van der Waals surface area contributed by atoms with Crippen molar-refractivity contribution in [1.29, 1.82) is 0 Å². The third-order valence-electron chi connectivity index (χ3n) is 2.89. The van der Waals surface area contributed by atoms with Crippen molar-refractivity contribution in [3.05, 3.63) is 36.2 Å². The normalized spacial score (nSPS) is 11.2. The molecule has 0 amide bonds. The summed E-state index contributed by atoms with van der Waals surface area (Å²) in [6, 6.07) is 6.58. The van der Waals surface area contributed by atoms with Crippen molar-refractivity contribution in [2.75, 3.05) is 6.61 Å². The molecule has 0 unspecified atom stereocenters. The molecule has 0 bridgehead atoms. The third-order valence-corrected chi connectivity index (χ3v) is 2.89. The molecule has 21 heavy (non-hydrogen) atoms. The van der Waals surface area contributed by atoms with Gasteiger partial charge in [-0.3, -0.25) is 4.79 Å². The zero-order valence-corrected chi connectivity index (χ0v) is 12.1. The maximum atomic E-state index is 11.9. The fourth-order valence-electron chi connectivity index (χ4n) is 1.46. The average molecular weight is 288 g/mol. The Morgan fingerprint density at radius 3 is 2.38 bits per heavy atom. The number of hydrogen-bond acceptors (Lipinski definition) is 6. The van der Waals surface area contributed by atoms with Gasteiger partial charge in [0.2, 0.25) is 0 Å². The van der Waals surface area contributed by atoms with Crippen LogP contribution in [0.1, 0.15) is 31.1 Å². The fraction of sp³-hybridized carbons (Fsp3) is 0.357. The van der Waals surface area contributed by atoms with E-state index in [-0.39, 0.29) is 12.4 Å². The standard InChI is InChI=1S/C14H16N4O3/c1-14(2,3)12(19)8-21-13(20)10-4-6-11(7-5-10)18-9-15-16-17-18/h4-7,9H,8H2,1-3H3. The number of Topliss-reactive ketones (excluding diaryl/α,β-unsaturated/α-hetero) is 1. The van der Waals surface area contributed by atoms with Crippen LogP contribution in [0.15, 0.2) is 30.6 Å². The van der Waals surface area contributed by atoms with Crippen LogP contribution < -0.4 is 0 Å². The molecule has 7 heteroatoms. The maximum absolute atomic E-state index is 11.9. The number of ketones is 1. The lowest BCUT2D eigenvalue weighted by atomic mass is 9.91. The molecular formula is C14H16N4O3. The number of tetrazole rings is 1. The molecule has 2 aromatic rings. The summed E-state index contributed by atoms with van der Waals surface area (Å²) in [6.07, 6.45) is 1.45. The van der Waals surface area contributed by atoms with Crippen molar-refractivity contribution < 1.29 is 14.3 Å². The molecule has 0 aliphatic heterocycles. The summed E-state index contributed by atoms with van der Waals surface area (Å²) in [5, 5.41) is 10.8. The highest BCUT2D eigenvalue weighted by atomic mass is 16.5. The summed E-state index contributed by atoms with van der Waals surface area (Å²) in [5.74, 6) is -0.656. The zero-order valence-electron chi connectivity index (χ0n) is 12.1. The first-order chi connectivity index (χ1) is 9.88. The molecule has 2 rings (SSSR count). The molecule has 7 nitrogen and oxygen atoms in total. The Bertz CT molecular complexity index is 627. The quantitative estimate of drug-likeness (QED) is 0.791. The number of esters is 1. The maximum Gasteiger partial charge on any atom is 0.338 e. The van der Waals surface area contributed by atoms with Crippen molar-refractivity contribution in [3.63, 3.8) is 0 Å². The third kappa shape index (κ3) is 3.71. The SMILES string of the molecule is CC(C)(C)C(=O)COC(=O)c1ccc(-n2cnnn2)cc1. The lowest BCUT2D eigenvalue weighted by Gasteiger charge is -2.16. The van der Waals surface area contributed by atoms with Crippen LogP contribution in [0.3, 0.4) is 0 Å². The molecule has 0 aliphatic rings. The summed E-state index contributed by atoms with van der Waals surface area (Å²) in [7, 11) is 0. The van der Waals surface area contributed by atoms with Crippen LogP contribution >= 0.6 is 0 Å². The number of carbonyl (C=O) groups is 2. The molecule has 0 saturated heterocycles. The van der Waals surface area contributed by atoms with Crippen LogP contribution in [0, 0.1) is 5.41 Å². The van der Waals surface area contributed by atoms with Gasteiger partial charge in [-0.1, -0.05) is 20.8 Å². The van der Waals surface area contributed by atoms with E-state index in [2.05, 4.69) is 15.5 Å². The average Bonchev–Trinajstić information content (AvgIpc) is 2.97. The van der Waals surface area contributed by atoms with E-state index in [9.17, 15) is 9.59 Å². The van der Waals surface area contributed by atoms with Gasteiger partial charge in [0, 0.05) is 5.41 Å². The van der Waals surface area contributed by atoms with Gasteiger partial charge in [0.1, 0.15) is 6.33 Å². The summed E-state index contributed by atoms with van der Waals surface area (Å²) in [6.45, 7) is 5.12. The van der Waals surface area contributed by atoms with Gasteiger partial charge in [0.25, 0.3) is 0 Å². The summed E-state index contributed by atoms with van der Waals surface area (Å²) >= 11 is 0. The molecule has 0 radical (unpaired) electrons. The second-order valence-electron chi connectivity index (χ2n) is 5.55. The Hall–Kier alpha value is -2.57. The molecular weight excluding hydrogens is 272 g/mol. The van der Waals surface area contributed by atoms with Gasteiger partial charge < -0.3 is 4.74 Å². The van der Waals surface area contributed by atoms with Crippen LogP contribution in [0.2, 0.25) is 0 Å². The molecule has 110 valence electrons. The number of aromatic nitrogens is 4. The van der Waals surface area contributed by atoms with Crippen LogP contribution in [0.4, 0.5) is 0 Å². The van der Waals surface area contributed by atoms with E-state index in [1.807, 2.05) is 0 Å². The monoisotopic (exact) mass is 288 g/mol. The minimum atomic E-state index is -0.532. The molecule has 1 heterocycles. The van der Waals surface area contributed by atoms with E-state index >= 15 is 0 Å². The molecule has 1 aromatic carbocycles. The molecule has 1 aromatic heterocycles. The number of benzene rings is 1. The van der Waals surface area contributed by atoms with Crippen molar-refractivity contribution >= 4 is 11.8 Å². The van der Waals surface area contributed by atoms with Gasteiger partial charge >= 0.3 is 5.97 Å². The lowest BCUT2D eigenvalue weighted by molar-refractivity contribution is -0.129. The Balaban J connectivity index is 1.99. The van der Waals surface area contributed by atoms with Gasteiger partial charge in [-0.05, 0) is 34.7 Å². The molecule has 0 fully saturated rings. The number of ether oxygens (including phenoxy) is 1. The number of hydrogen-bond donors (Lipinski definition) is 0. The highest BCUT2D eigenvalue weighted by molar-refractivity contribution is 5.92. The van der Waals surface area contributed by atoms with Crippen LogP contribution in [-0.4, -0.2) is 38.6 Å². The summed E-state index contributed by atoms with van der Waals surface area (Å²) < 4.78 is 6.48.